The molecule has 2 aromatic heterocycles. The summed E-state index contributed by atoms with van der Waals surface area (Å²) in [6, 6.07) is 20.1. The van der Waals surface area contributed by atoms with Crippen LogP contribution < -0.4 is 0 Å². The molecule has 0 saturated heterocycles. The molecule has 0 saturated carbocycles. The molecule has 0 atom stereocenters. The quantitative estimate of drug-likeness (QED) is 0.496. The minimum atomic E-state index is -0.311. The molecule has 0 aliphatic carbocycles. The number of aromatic nitrogens is 2. The van der Waals surface area contributed by atoms with Gasteiger partial charge in [-0.15, -0.1) is 0 Å². The minimum Gasteiger partial charge on any atom is -0.465 e. The van der Waals surface area contributed by atoms with Gasteiger partial charge >= 0.3 is 5.97 Å². The molecule has 0 fully saturated rings. The second kappa shape index (κ2) is 7.46. The topological polar surface area (TPSA) is 44.1 Å². The van der Waals surface area contributed by atoms with Crippen molar-refractivity contribution >= 4 is 16.9 Å². The lowest BCUT2D eigenvalue weighted by atomic mass is 10.0. The van der Waals surface area contributed by atoms with Crippen LogP contribution in [0.15, 0.2) is 79.3 Å². The Morgan fingerprint density at radius 1 is 1.00 bits per heavy atom. The van der Waals surface area contributed by atoms with E-state index in [2.05, 4.69) is 46.1 Å². The third-order valence-corrected chi connectivity index (χ3v) is 4.72. The van der Waals surface area contributed by atoms with Gasteiger partial charge in [0.05, 0.1) is 12.7 Å². The fraction of sp³-hybridized carbons (Fsp3) is 0.130. The highest BCUT2D eigenvalue weighted by molar-refractivity contribution is 5.89. The van der Waals surface area contributed by atoms with Crippen LogP contribution in [0.2, 0.25) is 0 Å². The first-order chi connectivity index (χ1) is 13.2. The van der Waals surface area contributed by atoms with Gasteiger partial charge in [0.15, 0.2) is 0 Å². The number of carbonyl (C=O) groups excluding carboxylic acids is 1. The van der Waals surface area contributed by atoms with Gasteiger partial charge in [-0.25, -0.2) is 4.79 Å². The molecule has 134 valence electrons. The molecule has 2 aromatic carbocycles. The van der Waals surface area contributed by atoms with E-state index in [9.17, 15) is 4.79 Å². The predicted octanol–water partition coefficient (Wildman–Crippen LogP) is 4.46. The van der Waals surface area contributed by atoms with Gasteiger partial charge in [0.25, 0.3) is 0 Å². The van der Waals surface area contributed by atoms with Crippen molar-refractivity contribution in [3.05, 3.63) is 102 Å². The summed E-state index contributed by atoms with van der Waals surface area (Å²) in [6.45, 7) is 0.787. The number of hydrogen-bond acceptors (Lipinski definition) is 3. The third-order valence-electron chi connectivity index (χ3n) is 4.72. The molecule has 0 aliphatic heterocycles. The zero-order chi connectivity index (χ0) is 18.6. The molecule has 4 rings (SSSR count). The van der Waals surface area contributed by atoms with E-state index >= 15 is 0 Å². The standard InChI is InChI=1S/C23H20N2O2/c1-27-23(26)19-10-8-17(9-11-19)13-20-16-25(15-18-5-4-12-24-14-18)22-7-3-2-6-21(20)22/h2-12,14,16H,13,15H2,1H3. The molecule has 0 amide bonds. The van der Waals surface area contributed by atoms with Gasteiger partial charge in [-0.2, -0.15) is 0 Å². The van der Waals surface area contributed by atoms with E-state index in [-0.39, 0.29) is 5.97 Å². The first-order valence-corrected chi connectivity index (χ1v) is 8.87. The average molecular weight is 356 g/mol. The summed E-state index contributed by atoms with van der Waals surface area (Å²) in [7, 11) is 1.40. The molecular weight excluding hydrogens is 336 g/mol. The number of ether oxygens (including phenoxy) is 1. The molecule has 27 heavy (non-hydrogen) atoms. The summed E-state index contributed by atoms with van der Waals surface area (Å²) in [5.41, 5.74) is 5.38. The predicted molar refractivity (Wildman–Crippen MR) is 106 cm³/mol. The number of benzene rings is 2. The van der Waals surface area contributed by atoms with Gasteiger partial charge < -0.3 is 9.30 Å². The second-order valence-electron chi connectivity index (χ2n) is 6.53. The van der Waals surface area contributed by atoms with Crippen LogP contribution >= 0.6 is 0 Å². The van der Waals surface area contributed by atoms with Crippen LogP contribution in [0.5, 0.6) is 0 Å². The van der Waals surface area contributed by atoms with E-state index in [1.165, 1.54) is 29.1 Å². The number of hydrogen-bond donors (Lipinski definition) is 0. The van der Waals surface area contributed by atoms with Gasteiger partial charge in [0.2, 0.25) is 0 Å². The lowest BCUT2D eigenvalue weighted by Gasteiger charge is -2.04. The van der Waals surface area contributed by atoms with Gasteiger partial charge in [-0.3, -0.25) is 4.98 Å². The normalized spacial score (nSPS) is 10.9. The van der Waals surface area contributed by atoms with E-state index in [0.717, 1.165) is 18.5 Å². The average Bonchev–Trinajstić information content (AvgIpc) is 3.06. The van der Waals surface area contributed by atoms with Crippen molar-refractivity contribution in [2.45, 2.75) is 13.0 Å². The number of rotatable bonds is 5. The zero-order valence-electron chi connectivity index (χ0n) is 15.1. The van der Waals surface area contributed by atoms with Gasteiger partial charge in [-0.05, 0) is 47.4 Å². The van der Waals surface area contributed by atoms with Crippen molar-refractivity contribution in [3.8, 4) is 0 Å². The lowest BCUT2D eigenvalue weighted by Crippen LogP contribution is -2.01. The highest BCUT2D eigenvalue weighted by atomic mass is 16.5. The Balaban J connectivity index is 1.65. The highest BCUT2D eigenvalue weighted by Gasteiger charge is 2.10. The largest absolute Gasteiger partial charge is 0.465 e. The van der Waals surface area contributed by atoms with E-state index in [0.29, 0.717) is 5.56 Å². The number of para-hydroxylation sites is 1. The molecule has 4 aromatic rings. The van der Waals surface area contributed by atoms with E-state index in [1.54, 1.807) is 6.20 Å². The van der Waals surface area contributed by atoms with Gasteiger partial charge in [-0.1, -0.05) is 36.4 Å². The Morgan fingerprint density at radius 2 is 1.81 bits per heavy atom. The molecule has 0 N–H and O–H groups in total. The van der Waals surface area contributed by atoms with Crippen molar-refractivity contribution < 1.29 is 9.53 Å². The maximum atomic E-state index is 11.6. The second-order valence-corrected chi connectivity index (χ2v) is 6.53. The molecule has 2 heterocycles. The molecule has 4 nitrogen and oxygen atoms in total. The van der Waals surface area contributed by atoms with Crippen LogP contribution in [-0.2, 0) is 17.7 Å². The molecular formula is C23H20N2O2. The summed E-state index contributed by atoms with van der Waals surface area (Å²) >= 11 is 0. The summed E-state index contributed by atoms with van der Waals surface area (Å²) in [4.78, 5) is 15.8. The van der Waals surface area contributed by atoms with Crippen LogP contribution in [-0.4, -0.2) is 22.6 Å². The van der Waals surface area contributed by atoms with E-state index in [4.69, 9.17) is 4.74 Å². The number of esters is 1. The lowest BCUT2D eigenvalue weighted by molar-refractivity contribution is 0.0600. The Kier molecular flexibility index (Phi) is 4.71. The Morgan fingerprint density at radius 3 is 2.56 bits per heavy atom. The zero-order valence-corrected chi connectivity index (χ0v) is 15.1. The van der Waals surface area contributed by atoms with E-state index < -0.39 is 0 Å². The summed E-state index contributed by atoms with van der Waals surface area (Å²) in [5.74, 6) is -0.311. The number of fused-ring (bicyclic) bond motifs is 1. The number of nitrogens with zero attached hydrogens (tertiary/aromatic N) is 2. The Hall–Kier alpha value is -3.40. The fourth-order valence-corrected chi connectivity index (χ4v) is 3.38. The third kappa shape index (κ3) is 3.60. The van der Waals surface area contributed by atoms with Crippen LogP contribution in [0.25, 0.3) is 10.9 Å². The van der Waals surface area contributed by atoms with Crippen molar-refractivity contribution in [1.29, 1.82) is 0 Å². The van der Waals surface area contributed by atoms with Crippen LogP contribution in [0.4, 0.5) is 0 Å². The number of carbonyl (C=O) groups is 1. The number of methoxy groups -OCH3 is 1. The highest BCUT2D eigenvalue weighted by Crippen LogP contribution is 2.25. The first kappa shape index (κ1) is 17.0. The molecule has 4 heteroatoms. The van der Waals surface area contributed by atoms with Crippen LogP contribution in [0, 0.1) is 0 Å². The molecule has 0 bridgehead atoms. The van der Waals surface area contributed by atoms with Crippen LogP contribution in [0.3, 0.4) is 0 Å². The fourth-order valence-electron chi connectivity index (χ4n) is 3.38. The van der Waals surface area contributed by atoms with E-state index in [1.807, 2.05) is 36.5 Å². The maximum Gasteiger partial charge on any atom is 0.337 e. The van der Waals surface area contributed by atoms with Crippen LogP contribution in [0.1, 0.15) is 27.0 Å². The van der Waals surface area contributed by atoms with Gasteiger partial charge in [0, 0.05) is 36.0 Å². The smallest absolute Gasteiger partial charge is 0.337 e. The molecule has 0 unspecified atom stereocenters. The molecule has 0 spiro atoms. The van der Waals surface area contributed by atoms with Crippen molar-refractivity contribution in [2.75, 3.05) is 7.11 Å². The SMILES string of the molecule is COC(=O)c1ccc(Cc2cn(Cc3cccnc3)c3ccccc23)cc1. The number of pyridine rings is 1. The molecule has 0 aliphatic rings. The Labute approximate surface area is 158 Å². The first-order valence-electron chi connectivity index (χ1n) is 8.87. The monoisotopic (exact) mass is 356 g/mol. The summed E-state index contributed by atoms with van der Waals surface area (Å²) in [6.07, 6.45) is 6.72. The molecule has 0 radical (unpaired) electrons. The minimum absolute atomic E-state index is 0.311. The van der Waals surface area contributed by atoms with Gasteiger partial charge in [0.1, 0.15) is 0 Å². The van der Waals surface area contributed by atoms with Crippen molar-refractivity contribution in [2.24, 2.45) is 0 Å². The Bertz CT molecular complexity index is 1070. The van der Waals surface area contributed by atoms with Crippen molar-refractivity contribution in [3.63, 3.8) is 0 Å². The summed E-state index contributed by atoms with van der Waals surface area (Å²) < 4.78 is 7.03. The van der Waals surface area contributed by atoms with Crippen molar-refractivity contribution in [1.82, 2.24) is 9.55 Å². The summed E-state index contributed by atoms with van der Waals surface area (Å²) in [5, 5.41) is 1.25. The maximum absolute atomic E-state index is 11.6.